The predicted molar refractivity (Wildman–Crippen MR) is 140 cm³/mol. The Hall–Kier alpha value is -3.33. The quantitative estimate of drug-likeness (QED) is 0.374. The molecule has 0 unspecified atom stereocenters. The van der Waals surface area contributed by atoms with Gasteiger partial charge in [0.25, 0.3) is 0 Å². The SMILES string of the molecule is CCCC[C@@H](c1nnnn1CCc1ccc(OC)c(OC)c1)N1CCN(c2ccccc2OC)CC1. The normalized spacial score (nSPS) is 15.1. The van der Waals surface area contributed by atoms with Crippen molar-refractivity contribution in [2.24, 2.45) is 0 Å². The summed E-state index contributed by atoms with van der Waals surface area (Å²) in [5.41, 5.74) is 2.31. The summed E-state index contributed by atoms with van der Waals surface area (Å²) < 4.78 is 18.4. The van der Waals surface area contributed by atoms with Gasteiger partial charge in [-0.15, -0.1) is 5.10 Å². The number of nitrogens with zero attached hydrogens (tertiary/aromatic N) is 6. The molecule has 0 aliphatic carbocycles. The van der Waals surface area contributed by atoms with Crippen LogP contribution in [-0.2, 0) is 13.0 Å². The fraction of sp³-hybridized carbons (Fsp3) is 0.519. The van der Waals surface area contributed by atoms with Gasteiger partial charge < -0.3 is 19.1 Å². The molecule has 9 heteroatoms. The smallest absolute Gasteiger partial charge is 0.168 e. The molecule has 1 atom stereocenters. The Balaban J connectivity index is 1.45. The van der Waals surface area contributed by atoms with E-state index in [1.807, 2.05) is 28.9 Å². The maximum Gasteiger partial charge on any atom is 0.168 e. The second-order valence-electron chi connectivity index (χ2n) is 9.05. The van der Waals surface area contributed by atoms with Crippen LogP contribution in [0.25, 0.3) is 0 Å². The first kappa shape index (κ1) is 25.8. The Kier molecular flexibility index (Phi) is 9.00. The summed E-state index contributed by atoms with van der Waals surface area (Å²) >= 11 is 0. The summed E-state index contributed by atoms with van der Waals surface area (Å²) in [4.78, 5) is 4.95. The lowest BCUT2D eigenvalue weighted by Crippen LogP contribution is -2.48. The molecule has 0 saturated carbocycles. The van der Waals surface area contributed by atoms with Gasteiger partial charge in [0.15, 0.2) is 17.3 Å². The highest BCUT2D eigenvalue weighted by Crippen LogP contribution is 2.32. The van der Waals surface area contributed by atoms with Gasteiger partial charge in [0.2, 0.25) is 0 Å². The molecule has 0 amide bonds. The van der Waals surface area contributed by atoms with Gasteiger partial charge in [0, 0.05) is 32.7 Å². The highest BCUT2D eigenvalue weighted by Gasteiger charge is 2.29. The number of aryl methyl sites for hydroxylation is 2. The number of methoxy groups -OCH3 is 3. The van der Waals surface area contributed by atoms with Crippen LogP contribution in [0.4, 0.5) is 5.69 Å². The van der Waals surface area contributed by atoms with Crippen LogP contribution < -0.4 is 19.1 Å². The van der Waals surface area contributed by atoms with Crippen LogP contribution in [0, 0.1) is 0 Å². The zero-order chi connectivity index (χ0) is 25.3. The fourth-order valence-corrected chi connectivity index (χ4v) is 4.92. The van der Waals surface area contributed by atoms with E-state index in [9.17, 15) is 0 Å². The van der Waals surface area contributed by atoms with E-state index in [2.05, 4.69) is 50.4 Å². The Morgan fingerprint density at radius 3 is 2.36 bits per heavy atom. The van der Waals surface area contributed by atoms with Crippen LogP contribution in [0.5, 0.6) is 17.2 Å². The lowest BCUT2D eigenvalue weighted by atomic mass is 10.1. The molecule has 0 N–H and O–H groups in total. The number of hydrogen-bond donors (Lipinski definition) is 0. The first-order valence-corrected chi connectivity index (χ1v) is 12.8. The van der Waals surface area contributed by atoms with Gasteiger partial charge in [-0.05, 0) is 53.1 Å². The van der Waals surface area contributed by atoms with Crippen molar-refractivity contribution in [3.8, 4) is 17.2 Å². The molecule has 0 radical (unpaired) electrons. The summed E-state index contributed by atoms with van der Waals surface area (Å²) in [7, 11) is 5.04. The van der Waals surface area contributed by atoms with E-state index in [0.717, 1.165) is 86.2 Å². The number of unbranched alkanes of at least 4 members (excludes halogenated alkanes) is 1. The summed E-state index contributed by atoms with van der Waals surface area (Å²) in [6.45, 7) is 6.73. The van der Waals surface area contributed by atoms with Crippen molar-refractivity contribution < 1.29 is 14.2 Å². The highest BCUT2D eigenvalue weighted by atomic mass is 16.5. The van der Waals surface area contributed by atoms with Crippen LogP contribution >= 0.6 is 0 Å². The van der Waals surface area contributed by atoms with Gasteiger partial charge in [-0.3, -0.25) is 4.90 Å². The third-order valence-corrected chi connectivity index (χ3v) is 6.93. The van der Waals surface area contributed by atoms with Crippen molar-refractivity contribution in [1.82, 2.24) is 25.1 Å². The van der Waals surface area contributed by atoms with E-state index in [0.29, 0.717) is 6.54 Å². The predicted octanol–water partition coefficient (Wildman–Crippen LogP) is 4.00. The molecule has 2 heterocycles. The number of anilines is 1. The first-order valence-electron chi connectivity index (χ1n) is 12.8. The Labute approximate surface area is 213 Å². The average Bonchev–Trinajstić information content (AvgIpc) is 3.40. The van der Waals surface area contributed by atoms with E-state index in [1.54, 1.807) is 21.3 Å². The number of hydrogen-bond acceptors (Lipinski definition) is 8. The van der Waals surface area contributed by atoms with Crippen molar-refractivity contribution in [3.63, 3.8) is 0 Å². The highest BCUT2D eigenvalue weighted by molar-refractivity contribution is 5.58. The van der Waals surface area contributed by atoms with Gasteiger partial charge in [-0.1, -0.05) is 38.0 Å². The molecule has 1 aromatic heterocycles. The lowest BCUT2D eigenvalue weighted by Gasteiger charge is -2.40. The lowest BCUT2D eigenvalue weighted by molar-refractivity contribution is 0.162. The number of piperazine rings is 1. The molecule has 3 aromatic rings. The van der Waals surface area contributed by atoms with E-state index in [1.165, 1.54) is 0 Å². The van der Waals surface area contributed by atoms with Crippen LogP contribution in [0.1, 0.15) is 43.6 Å². The number of ether oxygens (including phenoxy) is 3. The third-order valence-electron chi connectivity index (χ3n) is 6.93. The van der Waals surface area contributed by atoms with Gasteiger partial charge in [0.05, 0.1) is 33.1 Å². The summed E-state index contributed by atoms with van der Waals surface area (Å²) in [6, 6.07) is 14.5. The monoisotopic (exact) mass is 494 g/mol. The second-order valence-corrected chi connectivity index (χ2v) is 9.05. The zero-order valence-electron chi connectivity index (χ0n) is 21.9. The zero-order valence-corrected chi connectivity index (χ0v) is 21.9. The van der Waals surface area contributed by atoms with Crippen molar-refractivity contribution >= 4 is 5.69 Å². The number of aromatic nitrogens is 4. The topological polar surface area (TPSA) is 77.8 Å². The minimum atomic E-state index is 0.199. The van der Waals surface area contributed by atoms with Crippen molar-refractivity contribution in [3.05, 3.63) is 53.9 Å². The number of rotatable bonds is 12. The van der Waals surface area contributed by atoms with Crippen LogP contribution in [-0.4, -0.2) is 72.6 Å². The maximum atomic E-state index is 5.59. The molecule has 1 saturated heterocycles. The number of tetrazole rings is 1. The molecule has 1 aliphatic heterocycles. The minimum Gasteiger partial charge on any atom is -0.495 e. The Bertz CT molecular complexity index is 1100. The van der Waals surface area contributed by atoms with Crippen LogP contribution in [0.15, 0.2) is 42.5 Å². The Morgan fingerprint density at radius 1 is 0.889 bits per heavy atom. The largest absolute Gasteiger partial charge is 0.495 e. The molecule has 0 bridgehead atoms. The molecule has 4 rings (SSSR count). The molecule has 2 aromatic carbocycles. The Morgan fingerprint density at radius 2 is 1.64 bits per heavy atom. The van der Waals surface area contributed by atoms with E-state index in [4.69, 9.17) is 14.2 Å². The van der Waals surface area contributed by atoms with Crippen molar-refractivity contribution in [2.45, 2.75) is 45.2 Å². The summed E-state index contributed by atoms with van der Waals surface area (Å²) in [6.07, 6.45) is 4.13. The van der Waals surface area contributed by atoms with Gasteiger partial charge in [0.1, 0.15) is 5.75 Å². The third kappa shape index (κ3) is 5.90. The van der Waals surface area contributed by atoms with Crippen LogP contribution in [0.3, 0.4) is 0 Å². The number of para-hydroxylation sites is 2. The van der Waals surface area contributed by atoms with Crippen molar-refractivity contribution in [2.75, 3.05) is 52.4 Å². The van der Waals surface area contributed by atoms with Gasteiger partial charge in [-0.25, -0.2) is 4.68 Å². The molecule has 1 aliphatic rings. The molecule has 194 valence electrons. The molecule has 1 fully saturated rings. The fourth-order valence-electron chi connectivity index (χ4n) is 4.92. The second kappa shape index (κ2) is 12.6. The minimum absolute atomic E-state index is 0.199. The summed E-state index contributed by atoms with van der Waals surface area (Å²) in [5.74, 6) is 3.35. The van der Waals surface area contributed by atoms with E-state index >= 15 is 0 Å². The standard InChI is InChI=1S/C27H38N6O3/c1-5-6-9-23(32-18-16-31(17-19-32)22-10-7-8-11-24(22)34-2)27-28-29-30-33(27)15-14-21-12-13-25(35-3)26(20-21)36-4/h7-8,10-13,20,23H,5-6,9,14-19H2,1-4H3/t23-/m0/s1. The van der Waals surface area contributed by atoms with Crippen molar-refractivity contribution in [1.29, 1.82) is 0 Å². The molecule has 0 spiro atoms. The van der Waals surface area contributed by atoms with Gasteiger partial charge >= 0.3 is 0 Å². The number of benzene rings is 2. The maximum absolute atomic E-state index is 5.59. The average molecular weight is 495 g/mol. The summed E-state index contributed by atoms with van der Waals surface area (Å²) in [5, 5.41) is 12.9. The molecular weight excluding hydrogens is 456 g/mol. The van der Waals surface area contributed by atoms with E-state index in [-0.39, 0.29) is 6.04 Å². The molecule has 9 nitrogen and oxygen atoms in total. The van der Waals surface area contributed by atoms with Crippen LogP contribution in [0.2, 0.25) is 0 Å². The first-order chi connectivity index (χ1) is 17.7. The molecular formula is C27H38N6O3. The molecule has 36 heavy (non-hydrogen) atoms. The van der Waals surface area contributed by atoms with E-state index < -0.39 is 0 Å². The van der Waals surface area contributed by atoms with Gasteiger partial charge in [-0.2, -0.15) is 0 Å².